The summed E-state index contributed by atoms with van der Waals surface area (Å²) in [6.07, 6.45) is 0.616. The fourth-order valence-corrected chi connectivity index (χ4v) is 2.56. The second kappa shape index (κ2) is 8.19. The Hall–Kier alpha value is -1.34. The molecule has 0 aromatic heterocycles. The van der Waals surface area contributed by atoms with Crippen molar-refractivity contribution in [1.29, 1.82) is 0 Å². The predicted molar refractivity (Wildman–Crippen MR) is 82.2 cm³/mol. The highest BCUT2D eigenvalue weighted by Gasteiger charge is 2.14. The largest absolute Gasteiger partial charge is 0.481 e. The van der Waals surface area contributed by atoms with E-state index in [9.17, 15) is 14.0 Å². The molecular weight excluding hydrogens is 367 g/mol. The van der Waals surface area contributed by atoms with Gasteiger partial charge in [-0.15, -0.1) is 0 Å². The molecular formula is C13H15BrClFN2O3. The van der Waals surface area contributed by atoms with Gasteiger partial charge in [0.05, 0.1) is 10.7 Å². The van der Waals surface area contributed by atoms with Crippen molar-refractivity contribution in [3.05, 3.63) is 27.4 Å². The molecule has 8 heteroatoms. The zero-order chi connectivity index (χ0) is 16.0. The topological polar surface area (TPSA) is 78.4 Å². The van der Waals surface area contributed by atoms with Crippen molar-refractivity contribution < 1.29 is 19.1 Å². The van der Waals surface area contributed by atoms with Crippen LogP contribution in [0, 0.1) is 11.7 Å². The van der Waals surface area contributed by atoms with Gasteiger partial charge >= 0.3 is 12.0 Å². The maximum atomic E-state index is 13.1. The summed E-state index contributed by atoms with van der Waals surface area (Å²) >= 11 is 8.96. The van der Waals surface area contributed by atoms with E-state index >= 15 is 0 Å². The maximum Gasteiger partial charge on any atom is 0.319 e. The minimum Gasteiger partial charge on any atom is -0.481 e. The van der Waals surface area contributed by atoms with Crippen LogP contribution in [0.1, 0.15) is 19.8 Å². The molecule has 0 bridgehead atoms. The lowest BCUT2D eigenvalue weighted by Gasteiger charge is -2.15. The van der Waals surface area contributed by atoms with Crippen LogP contribution in [0.15, 0.2) is 16.6 Å². The van der Waals surface area contributed by atoms with Crippen LogP contribution in [0.25, 0.3) is 0 Å². The Morgan fingerprint density at radius 2 is 2.14 bits per heavy atom. The van der Waals surface area contributed by atoms with Gasteiger partial charge in [-0.25, -0.2) is 9.18 Å². The zero-order valence-electron chi connectivity index (χ0n) is 11.3. The number of carbonyl (C=O) groups is 2. The molecule has 0 spiro atoms. The summed E-state index contributed by atoms with van der Waals surface area (Å²) in [5, 5.41) is 13.9. The number of carbonyl (C=O) groups excluding carboxylic acids is 1. The monoisotopic (exact) mass is 380 g/mol. The lowest BCUT2D eigenvalue weighted by Crippen LogP contribution is -2.33. The fraction of sp³-hybridized carbons (Fsp3) is 0.385. The Morgan fingerprint density at radius 1 is 1.48 bits per heavy atom. The van der Waals surface area contributed by atoms with Crippen molar-refractivity contribution >= 4 is 45.2 Å². The van der Waals surface area contributed by atoms with Crippen molar-refractivity contribution in [2.24, 2.45) is 5.92 Å². The molecule has 0 fully saturated rings. The molecule has 0 saturated heterocycles. The zero-order valence-corrected chi connectivity index (χ0v) is 13.6. The summed E-state index contributed by atoms with van der Waals surface area (Å²) in [5.41, 5.74) is 0.252. The van der Waals surface area contributed by atoms with Gasteiger partial charge < -0.3 is 15.7 Å². The van der Waals surface area contributed by atoms with Crippen LogP contribution >= 0.6 is 27.5 Å². The van der Waals surface area contributed by atoms with Crippen LogP contribution < -0.4 is 10.6 Å². The predicted octanol–water partition coefficient (Wildman–Crippen LogP) is 3.86. The van der Waals surface area contributed by atoms with E-state index in [2.05, 4.69) is 26.6 Å². The minimum absolute atomic E-state index is 0.0161. The fourth-order valence-electron chi connectivity index (χ4n) is 1.66. The number of amides is 2. The van der Waals surface area contributed by atoms with E-state index in [1.807, 2.05) is 6.92 Å². The average Bonchev–Trinajstić information content (AvgIpc) is 2.38. The van der Waals surface area contributed by atoms with Crippen LogP contribution in [0.2, 0.25) is 5.02 Å². The summed E-state index contributed by atoms with van der Waals surface area (Å²) in [6.45, 7) is 2.08. The third-order valence-electron chi connectivity index (χ3n) is 2.84. The second-order valence-corrected chi connectivity index (χ2v) is 5.71. The van der Waals surface area contributed by atoms with Gasteiger partial charge in [-0.2, -0.15) is 0 Å². The number of halogens is 3. The third-order valence-corrected chi connectivity index (χ3v) is 3.76. The summed E-state index contributed by atoms with van der Waals surface area (Å²) in [7, 11) is 0. The Labute approximate surface area is 135 Å². The first kappa shape index (κ1) is 17.7. The molecule has 1 unspecified atom stereocenters. The van der Waals surface area contributed by atoms with Crippen LogP contribution in [0.3, 0.4) is 0 Å². The van der Waals surface area contributed by atoms with Crippen LogP contribution in [0.5, 0.6) is 0 Å². The van der Waals surface area contributed by atoms with Gasteiger partial charge in [0.1, 0.15) is 5.82 Å². The number of benzene rings is 1. The molecule has 116 valence electrons. The van der Waals surface area contributed by atoms with E-state index in [1.165, 1.54) is 6.07 Å². The normalized spacial score (nSPS) is 11.8. The van der Waals surface area contributed by atoms with Crippen molar-refractivity contribution in [2.45, 2.75) is 19.8 Å². The Bertz CT molecular complexity index is 519. The first-order valence-corrected chi connectivity index (χ1v) is 7.41. The van der Waals surface area contributed by atoms with Crippen LogP contribution in [0.4, 0.5) is 14.9 Å². The van der Waals surface area contributed by atoms with Crippen molar-refractivity contribution in [3.63, 3.8) is 0 Å². The van der Waals surface area contributed by atoms with E-state index < -0.39 is 17.8 Å². The van der Waals surface area contributed by atoms with E-state index in [1.54, 1.807) is 0 Å². The average molecular weight is 382 g/mol. The number of urea groups is 1. The SMILES string of the molecule is CCC(CNC(=O)Nc1c(Cl)cc(F)cc1Br)CC(=O)O. The molecule has 0 aliphatic carbocycles. The molecule has 1 aromatic carbocycles. The third kappa shape index (κ3) is 5.89. The molecule has 0 heterocycles. The van der Waals surface area contributed by atoms with Crippen LogP contribution in [-0.4, -0.2) is 23.7 Å². The van der Waals surface area contributed by atoms with Gasteiger partial charge in [0.15, 0.2) is 0 Å². The molecule has 2 amide bonds. The van der Waals surface area contributed by atoms with E-state index in [-0.39, 0.29) is 29.6 Å². The molecule has 1 rings (SSSR count). The second-order valence-electron chi connectivity index (χ2n) is 4.45. The quantitative estimate of drug-likeness (QED) is 0.700. The van der Waals surface area contributed by atoms with Crippen molar-refractivity contribution in [3.8, 4) is 0 Å². The number of anilines is 1. The summed E-state index contributed by atoms with van der Waals surface area (Å²) < 4.78 is 13.4. The molecule has 0 aliphatic heterocycles. The van der Waals surface area contributed by atoms with Gasteiger partial charge in [-0.1, -0.05) is 24.9 Å². The Balaban J connectivity index is 2.60. The number of rotatable bonds is 6. The summed E-state index contributed by atoms with van der Waals surface area (Å²) in [6, 6.07) is 1.73. The van der Waals surface area contributed by atoms with Gasteiger partial charge in [0.25, 0.3) is 0 Å². The Morgan fingerprint density at radius 3 is 2.67 bits per heavy atom. The molecule has 0 saturated carbocycles. The molecule has 3 N–H and O–H groups in total. The molecule has 0 aliphatic rings. The van der Waals surface area contributed by atoms with Crippen molar-refractivity contribution in [2.75, 3.05) is 11.9 Å². The summed E-state index contributed by atoms with van der Waals surface area (Å²) in [5.74, 6) is -1.58. The van der Waals surface area contributed by atoms with E-state index in [4.69, 9.17) is 16.7 Å². The van der Waals surface area contributed by atoms with Crippen molar-refractivity contribution in [1.82, 2.24) is 5.32 Å². The first-order chi connectivity index (χ1) is 9.83. The van der Waals surface area contributed by atoms with Gasteiger partial charge in [-0.3, -0.25) is 4.79 Å². The number of aliphatic carboxylic acids is 1. The Kier molecular flexibility index (Phi) is 6.91. The lowest BCUT2D eigenvalue weighted by atomic mass is 10.0. The smallest absolute Gasteiger partial charge is 0.319 e. The van der Waals surface area contributed by atoms with Gasteiger partial charge in [0.2, 0.25) is 0 Å². The minimum atomic E-state index is -0.909. The molecule has 5 nitrogen and oxygen atoms in total. The molecule has 1 aromatic rings. The van der Waals surface area contributed by atoms with E-state index in [0.717, 1.165) is 6.07 Å². The van der Waals surface area contributed by atoms with Crippen LogP contribution in [-0.2, 0) is 4.79 Å². The lowest BCUT2D eigenvalue weighted by molar-refractivity contribution is -0.138. The highest BCUT2D eigenvalue weighted by atomic mass is 79.9. The number of nitrogens with one attached hydrogen (secondary N) is 2. The number of hydrogen-bond acceptors (Lipinski definition) is 2. The van der Waals surface area contributed by atoms with Gasteiger partial charge in [0, 0.05) is 17.4 Å². The first-order valence-electron chi connectivity index (χ1n) is 6.24. The molecule has 21 heavy (non-hydrogen) atoms. The molecule has 0 radical (unpaired) electrons. The summed E-state index contributed by atoms with van der Waals surface area (Å²) in [4.78, 5) is 22.4. The number of carboxylic acid groups (broad SMARTS) is 1. The highest BCUT2D eigenvalue weighted by molar-refractivity contribution is 9.10. The standard InChI is InChI=1S/C13H15BrClFN2O3/c1-2-7(3-11(19)20)6-17-13(21)18-12-9(14)4-8(16)5-10(12)15/h4-5,7H,2-3,6H2,1H3,(H,19,20)(H2,17,18,21). The molecule has 1 atom stereocenters. The number of carboxylic acids is 1. The number of hydrogen-bond donors (Lipinski definition) is 3. The van der Waals surface area contributed by atoms with Gasteiger partial charge in [-0.05, 0) is 34.0 Å². The highest BCUT2D eigenvalue weighted by Crippen LogP contribution is 2.31. The maximum absolute atomic E-state index is 13.1. The van der Waals surface area contributed by atoms with E-state index in [0.29, 0.717) is 10.9 Å².